The van der Waals surface area contributed by atoms with Crippen LogP contribution in [0.4, 0.5) is 5.69 Å². The lowest BCUT2D eigenvalue weighted by molar-refractivity contribution is -0.139. The number of imide groups is 1. The fourth-order valence-corrected chi connectivity index (χ4v) is 2.99. The predicted octanol–water partition coefficient (Wildman–Crippen LogP) is -0.565. The first-order chi connectivity index (χ1) is 11.4. The van der Waals surface area contributed by atoms with Gasteiger partial charge < -0.3 is 15.5 Å². The maximum Gasteiger partial charge on any atom is 0.322 e. The Morgan fingerprint density at radius 1 is 1.33 bits per heavy atom. The summed E-state index contributed by atoms with van der Waals surface area (Å²) in [6, 6.07) is 3.69. The molecule has 4 N–H and O–H groups in total. The van der Waals surface area contributed by atoms with Crippen molar-refractivity contribution in [3.05, 3.63) is 29.3 Å². The van der Waals surface area contributed by atoms with Gasteiger partial charge in [0.25, 0.3) is 5.91 Å². The summed E-state index contributed by atoms with van der Waals surface area (Å²) in [4.78, 5) is 47.7. The number of carbonyl (C=O) groups excluding carboxylic acids is 3. The number of aliphatic carboxylic acids is 1. The lowest BCUT2D eigenvalue weighted by Crippen LogP contribution is -2.53. The number of carboxylic acids is 1. The summed E-state index contributed by atoms with van der Waals surface area (Å²) in [5.74, 6) is -2.73. The number of hydrogen-bond donors (Lipinski definition) is 4. The highest BCUT2D eigenvalue weighted by molar-refractivity contribution is 6.08. The molecular formula is C15H15N3O6. The molecule has 1 aromatic rings. The Hall–Kier alpha value is -2.94. The number of carboxylic acid groups (broad SMARTS) is 1. The van der Waals surface area contributed by atoms with E-state index in [1.807, 2.05) is 0 Å². The van der Waals surface area contributed by atoms with E-state index in [-0.39, 0.29) is 24.1 Å². The van der Waals surface area contributed by atoms with Crippen molar-refractivity contribution >= 4 is 29.4 Å². The Balaban J connectivity index is 1.92. The maximum atomic E-state index is 12.7. The smallest absolute Gasteiger partial charge is 0.322 e. The van der Waals surface area contributed by atoms with Crippen LogP contribution in [0.2, 0.25) is 0 Å². The summed E-state index contributed by atoms with van der Waals surface area (Å²) in [5, 5.41) is 24.0. The van der Waals surface area contributed by atoms with Gasteiger partial charge in [-0.2, -0.15) is 0 Å². The van der Waals surface area contributed by atoms with Gasteiger partial charge >= 0.3 is 5.97 Å². The molecule has 3 rings (SSSR count). The molecular weight excluding hydrogens is 318 g/mol. The Bertz CT molecular complexity index is 747. The van der Waals surface area contributed by atoms with Gasteiger partial charge in [0.15, 0.2) is 6.23 Å². The summed E-state index contributed by atoms with van der Waals surface area (Å²) in [6.07, 6.45) is -1.13. The lowest BCUT2D eigenvalue weighted by atomic mass is 10.0. The number of rotatable bonds is 4. The maximum absolute atomic E-state index is 12.7. The molecule has 0 aliphatic carbocycles. The molecule has 3 amide bonds. The van der Waals surface area contributed by atoms with Gasteiger partial charge in [0.05, 0.1) is 5.56 Å². The number of anilines is 1. The van der Waals surface area contributed by atoms with Crippen LogP contribution in [0.3, 0.4) is 0 Å². The van der Waals surface area contributed by atoms with Gasteiger partial charge in [-0.3, -0.25) is 29.4 Å². The van der Waals surface area contributed by atoms with Crippen molar-refractivity contribution in [1.82, 2.24) is 10.2 Å². The average molecular weight is 333 g/mol. The first kappa shape index (κ1) is 15.9. The molecule has 2 unspecified atom stereocenters. The lowest BCUT2D eigenvalue weighted by Gasteiger charge is -2.31. The minimum Gasteiger partial charge on any atom is -0.480 e. The van der Waals surface area contributed by atoms with Gasteiger partial charge in [-0.1, -0.05) is 12.1 Å². The highest BCUT2D eigenvalue weighted by Crippen LogP contribution is 2.38. The molecule has 2 aliphatic rings. The fraction of sp³-hybridized carbons (Fsp3) is 0.333. The number of benzene rings is 1. The number of aliphatic hydroxyl groups excluding tert-OH is 1. The molecule has 126 valence electrons. The van der Waals surface area contributed by atoms with Gasteiger partial charge in [-0.05, 0) is 12.5 Å². The number of hydrogen-bond acceptors (Lipinski definition) is 6. The van der Waals surface area contributed by atoms with Gasteiger partial charge in [-0.25, -0.2) is 0 Å². The SMILES string of the molecule is O=C(O)CNc1cccc2c1C(=O)N(C1CCC(=O)NC1=O)C2O. The molecule has 1 saturated heterocycles. The van der Waals surface area contributed by atoms with Crippen LogP contribution in [0.15, 0.2) is 18.2 Å². The molecule has 0 radical (unpaired) electrons. The van der Waals surface area contributed by atoms with Gasteiger partial charge in [-0.15, -0.1) is 0 Å². The third-order valence-corrected chi connectivity index (χ3v) is 4.06. The molecule has 2 atom stereocenters. The molecule has 1 aromatic carbocycles. The van der Waals surface area contributed by atoms with Gasteiger partial charge in [0.2, 0.25) is 11.8 Å². The molecule has 0 saturated carbocycles. The molecule has 0 aromatic heterocycles. The Morgan fingerprint density at radius 2 is 2.08 bits per heavy atom. The zero-order chi connectivity index (χ0) is 17.4. The van der Waals surface area contributed by atoms with Crippen LogP contribution in [0.25, 0.3) is 0 Å². The third-order valence-electron chi connectivity index (χ3n) is 4.06. The van der Waals surface area contributed by atoms with Crippen LogP contribution in [-0.2, 0) is 14.4 Å². The second kappa shape index (κ2) is 5.93. The Labute approximate surface area is 136 Å². The number of nitrogens with zero attached hydrogens (tertiary/aromatic N) is 1. The van der Waals surface area contributed by atoms with Gasteiger partial charge in [0.1, 0.15) is 12.6 Å². The van der Waals surface area contributed by atoms with Crippen molar-refractivity contribution < 1.29 is 29.4 Å². The van der Waals surface area contributed by atoms with Crippen LogP contribution in [0.5, 0.6) is 0 Å². The molecule has 2 aliphatic heterocycles. The van der Waals surface area contributed by atoms with E-state index in [2.05, 4.69) is 10.6 Å². The summed E-state index contributed by atoms with van der Waals surface area (Å²) in [5.41, 5.74) is 0.699. The molecule has 0 spiro atoms. The van der Waals surface area contributed by atoms with E-state index in [1.165, 1.54) is 12.1 Å². The second-order valence-corrected chi connectivity index (χ2v) is 5.57. The van der Waals surface area contributed by atoms with E-state index in [4.69, 9.17) is 5.11 Å². The molecule has 9 heteroatoms. The highest BCUT2D eigenvalue weighted by atomic mass is 16.4. The predicted molar refractivity (Wildman–Crippen MR) is 79.9 cm³/mol. The van der Waals surface area contributed by atoms with Crippen molar-refractivity contribution in [2.75, 3.05) is 11.9 Å². The monoisotopic (exact) mass is 333 g/mol. The van der Waals surface area contributed by atoms with Crippen LogP contribution in [-0.4, -0.2) is 51.4 Å². The van der Waals surface area contributed by atoms with Crippen molar-refractivity contribution in [2.24, 2.45) is 0 Å². The number of fused-ring (bicyclic) bond motifs is 1. The van der Waals surface area contributed by atoms with E-state index in [0.29, 0.717) is 5.56 Å². The Morgan fingerprint density at radius 3 is 2.75 bits per heavy atom. The molecule has 9 nitrogen and oxygen atoms in total. The van der Waals surface area contributed by atoms with Crippen molar-refractivity contribution in [3.8, 4) is 0 Å². The highest BCUT2D eigenvalue weighted by Gasteiger charge is 2.45. The summed E-state index contributed by atoms with van der Waals surface area (Å²) in [6.45, 7) is -0.391. The number of amides is 3. The molecule has 2 heterocycles. The van der Waals surface area contributed by atoms with Crippen LogP contribution >= 0.6 is 0 Å². The van der Waals surface area contributed by atoms with Crippen molar-refractivity contribution in [2.45, 2.75) is 25.1 Å². The minimum absolute atomic E-state index is 0.0768. The Kier molecular flexibility index (Phi) is 3.94. The number of piperidine rings is 1. The number of carbonyl (C=O) groups is 4. The standard InChI is InChI=1S/C15H15N3O6/c19-10-5-4-9(13(22)17-10)18-14(23)7-2-1-3-8(12(7)15(18)24)16-6-11(20)21/h1-3,9,14,16,23H,4-6H2,(H,20,21)(H,17,19,22). The minimum atomic E-state index is -1.33. The topological polar surface area (TPSA) is 136 Å². The molecule has 0 bridgehead atoms. The van der Waals surface area contributed by atoms with Gasteiger partial charge in [0, 0.05) is 17.7 Å². The normalized spacial score (nSPS) is 23.0. The quantitative estimate of drug-likeness (QED) is 0.542. The summed E-state index contributed by atoms with van der Waals surface area (Å²) < 4.78 is 0. The largest absolute Gasteiger partial charge is 0.480 e. The average Bonchev–Trinajstić information content (AvgIpc) is 2.78. The van der Waals surface area contributed by atoms with Crippen LogP contribution in [0.1, 0.15) is 35.0 Å². The zero-order valence-corrected chi connectivity index (χ0v) is 12.5. The van der Waals surface area contributed by atoms with E-state index >= 15 is 0 Å². The number of aliphatic hydroxyl groups is 1. The van der Waals surface area contributed by atoms with E-state index in [1.54, 1.807) is 6.07 Å². The molecule has 24 heavy (non-hydrogen) atoms. The van der Waals surface area contributed by atoms with Crippen molar-refractivity contribution in [3.63, 3.8) is 0 Å². The van der Waals surface area contributed by atoms with Crippen LogP contribution in [0, 0.1) is 0 Å². The first-order valence-corrected chi connectivity index (χ1v) is 7.33. The second-order valence-electron chi connectivity index (χ2n) is 5.57. The first-order valence-electron chi connectivity index (χ1n) is 7.33. The van der Waals surface area contributed by atoms with E-state index in [9.17, 15) is 24.3 Å². The molecule has 1 fully saturated rings. The number of nitrogens with one attached hydrogen (secondary N) is 2. The third kappa shape index (κ3) is 2.58. The van der Waals surface area contributed by atoms with E-state index < -0.39 is 42.5 Å². The summed E-state index contributed by atoms with van der Waals surface area (Å²) in [7, 11) is 0. The van der Waals surface area contributed by atoms with Crippen molar-refractivity contribution in [1.29, 1.82) is 0 Å². The fourth-order valence-electron chi connectivity index (χ4n) is 2.99. The van der Waals surface area contributed by atoms with Crippen LogP contribution < -0.4 is 10.6 Å². The summed E-state index contributed by atoms with van der Waals surface area (Å²) >= 11 is 0. The van der Waals surface area contributed by atoms with E-state index in [0.717, 1.165) is 4.90 Å². The zero-order valence-electron chi connectivity index (χ0n) is 12.5.